The van der Waals surface area contributed by atoms with Crippen LogP contribution in [0.5, 0.6) is 0 Å². The quantitative estimate of drug-likeness (QED) is 0.355. The summed E-state index contributed by atoms with van der Waals surface area (Å²) >= 11 is 0. The van der Waals surface area contributed by atoms with Gasteiger partial charge in [-0.3, -0.25) is 9.79 Å². The number of carbonyl (C=O) groups is 1. The van der Waals surface area contributed by atoms with Crippen molar-refractivity contribution < 1.29 is 9.53 Å². The third-order valence-corrected chi connectivity index (χ3v) is 8.51. The highest BCUT2D eigenvalue weighted by Crippen LogP contribution is 2.69. The van der Waals surface area contributed by atoms with E-state index < -0.39 is 11.1 Å². The number of hydrogen-bond acceptors (Lipinski definition) is 4. The number of aliphatic imine (C=N–C) groups is 1. The molecule has 2 aliphatic heterocycles. The minimum Gasteiger partial charge on any atom is -0.364 e. The molecule has 1 saturated carbocycles. The van der Waals surface area contributed by atoms with Gasteiger partial charge in [-0.2, -0.15) is 0 Å². The van der Waals surface area contributed by atoms with Crippen molar-refractivity contribution in [3.63, 3.8) is 0 Å². The molecule has 1 spiro atoms. The van der Waals surface area contributed by atoms with E-state index in [0.29, 0.717) is 0 Å². The number of fused-ring (bicyclic) bond motifs is 5. The number of likely N-dealkylation sites (N-methyl/N-ethyl adjacent to an activating group) is 1. The Bertz CT molecular complexity index is 1530. The van der Waals surface area contributed by atoms with Crippen LogP contribution in [-0.4, -0.2) is 31.2 Å². The van der Waals surface area contributed by atoms with Gasteiger partial charge in [-0.1, -0.05) is 91.0 Å². The van der Waals surface area contributed by atoms with Crippen LogP contribution in [0.15, 0.2) is 114 Å². The molecule has 1 fully saturated rings. The zero-order valence-electron chi connectivity index (χ0n) is 20.3. The molecule has 0 bridgehead atoms. The molecule has 3 aliphatic rings. The zero-order valence-corrected chi connectivity index (χ0v) is 20.3. The summed E-state index contributed by atoms with van der Waals surface area (Å²) in [5.74, 6) is -0.293. The lowest BCUT2D eigenvalue weighted by Gasteiger charge is -2.48. The van der Waals surface area contributed by atoms with Gasteiger partial charge in [0.25, 0.3) is 0 Å². The van der Waals surface area contributed by atoms with Crippen LogP contribution in [0.1, 0.15) is 38.9 Å². The molecule has 0 aromatic heterocycles. The Morgan fingerprint density at radius 1 is 0.778 bits per heavy atom. The average Bonchev–Trinajstić information content (AvgIpc) is 3.49. The highest BCUT2D eigenvalue weighted by atomic mass is 16.5. The van der Waals surface area contributed by atoms with E-state index >= 15 is 0 Å². The van der Waals surface area contributed by atoms with Crippen molar-refractivity contribution in [1.82, 2.24) is 0 Å². The largest absolute Gasteiger partial charge is 0.364 e. The number of carbonyl (C=O) groups excluding carboxylic acids is 1. The fourth-order valence-corrected chi connectivity index (χ4v) is 7.25. The van der Waals surface area contributed by atoms with Gasteiger partial charge in [-0.05, 0) is 29.3 Å². The van der Waals surface area contributed by atoms with Crippen LogP contribution < -0.4 is 4.90 Å². The predicted octanol–water partition coefficient (Wildman–Crippen LogP) is 6.27. The van der Waals surface area contributed by atoms with E-state index in [0.717, 1.165) is 39.3 Å². The molecule has 4 aromatic rings. The summed E-state index contributed by atoms with van der Waals surface area (Å²) in [6.45, 7) is 0. The first-order valence-electron chi connectivity index (χ1n) is 12.4. The minimum atomic E-state index is -1.06. The Morgan fingerprint density at radius 2 is 1.39 bits per heavy atom. The molecule has 0 amide bonds. The molecule has 4 nitrogen and oxygen atoms in total. The lowest BCUT2D eigenvalue weighted by molar-refractivity contribution is -0.00547. The Labute approximate surface area is 210 Å². The molecule has 176 valence electrons. The summed E-state index contributed by atoms with van der Waals surface area (Å²) in [5, 5.41) is 0. The first-order chi connectivity index (χ1) is 17.7. The van der Waals surface area contributed by atoms with Gasteiger partial charge < -0.3 is 9.64 Å². The predicted molar refractivity (Wildman–Crippen MR) is 142 cm³/mol. The van der Waals surface area contributed by atoms with Crippen LogP contribution in [0.2, 0.25) is 0 Å². The molecule has 4 aromatic carbocycles. The van der Waals surface area contributed by atoms with Gasteiger partial charge in [0.1, 0.15) is 0 Å². The standard InChI is InChI=1S/C32H26N2O2/c1-34-26-20-12-9-17-23(26)30(35)31(34)28(22-15-7-4-8-16-22)27(21-13-5-3-6-14-21)29-32(31,36-2)24-18-10-11-19-25(24)33-29/h3-20,27-28H,1-2H3/t27-,28-,31+,32+/m1/s1. The molecular weight excluding hydrogens is 444 g/mol. The van der Waals surface area contributed by atoms with Gasteiger partial charge in [0, 0.05) is 42.8 Å². The third-order valence-electron chi connectivity index (χ3n) is 8.51. The number of ether oxygens (including phenoxy) is 1. The summed E-state index contributed by atoms with van der Waals surface area (Å²) < 4.78 is 6.67. The zero-order chi connectivity index (χ0) is 24.5. The van der Waals surface area contributed by atoms with Crippen LogP contribution in [0.4, 0.5) is 11.4 Å². The fraction of sp³-hybridized carbons (Fsp3) is 0.188. The van der Waals surface area contributed by atoms with Gasteiger partial charge in [0.15, 0.2) is 16.9 Å². The van der Waals surface area contributed by atoms with Crippen LogP contribution in [-0.2, 0) is 10.3 Å². The molecule has 2 heterocycles. The number of benzene rings is 4. The monoisotopic (exact) mass is 470 g/mol. The Hall–Kier alpha value is -4.02. The first-order valence-corrected chi connectivity index (χ1v) is 12.4. The van der Waals surface area contributed by atoms with E-state index in [1.807, 2.05) is 61.6 Å². The van der Waals surface area contributed by atoms with E-state index in [4.69, 9.17) is 9.73 Å². The van der Waals surface area contributed by atoms with Crippen LogP contribution >= 0.6 is 0 Å². The van der Waals surface area contributed by atoms with E-state index in [1.165, 1.54) is 0 Å². The van der Waals surface area contributed by atoms with Crippen LogP contribution in [0, 0.1) is 0 Å². The molecule has 0 N–H and O–H groups in total. The highest BCUT2D eigenvalue weighted by Gasteiger charge is 2.78. The summed E-state index contributed by atoms with van der Waals surface area (Å²) in [4.78, 5) is 22.4. The lowest BCUT2D eigenvalue weighted by Crippen LogP contribution is -2.65. The highest BCUT2D eigenvalue weighted by molar-refractivity contribution is 6.24. The molecule has 0 radical (unpaired) electrons. The summed E-state index contributed by atoms with van der Waals surface area (Å²) in [5.41, 5.74) is 4.52. The molecule has 1 aliphatic carbocycles. The average molecular weight is 471 g/mol. The van der Waals surface area contributed by atoms with Crippen LogP contribution in [0.3, 0.4) is 0 Å². The number of ketones is 1. The van der Waals surface area contributed by atoms with Gasteiger partial charge in [0.05, 0.1) is 11.4 Å². The molecule has 4 heteroatoms. The Morgan fingerprint density at radius 3 is 2.08 bits per heavy atom. The van der Waals surface area contributed by atoms with Crippen molar-refractivity contribution in [2.75, 3.05) is 19.1 Å². The van der Waals surface area contributed by atoms with E-state index in [9.17, 15) is 4.79 Å². The Balaban J connectivity index is 1.64. The Kier molecular flexibility index (Phi) is 4.43. The number of hydrogen-bond donors (Lipinski definition) is 0. The second-order valence-corrected chi connectivity index (χ2v) is 9.85. The topological polar surface area (TPSA) is 41.9 Å². The fourth-order valence-electron chi connectivity index (χ4n) is 7.25. The number of nitrogens with zero attached hydrogens (tertiary/aromatic N) is 2. The molecule has 4 atom stereocenters. The molecule has 7 rings (SSSR count). The second kappa shape index (κ2) is 7.49. The molecule has 36 heavy (non-hydrogen) atoms. The summed E-state index contributed by atoms with van der Waals surface area (Å²) in [7, 11) is 3.78. The first kappa shape index (κ1) is 21.3. The van der Waals surface area contributed by atoms with Crippen molar-refractivity contribution in [2.45, 2.75) is 23.0 Å². The number of methoxy groups -OCH3 is 1. The maximum absolute atomic E-state index is 14.9. The number of rotatable bonds is 3. The summed E-state index contributed by atoms with van der Waals surface area (Å²) in [6, 6.07) is 36.9. The second-order valence-electron chi connectivity index (χ2n) is 9.85. The number of anilines is 1. The molecule has 0 unspecified atom stereocenters. The van der Waals surface area contributed by atoms with Gasteiger partial charge in [-0.15, -0.1) is 0 Å². The minimum absolute atomic E-state index is 0.0825. The lowest BCUT2D eigenvalue weighted by atomic mass is 9.67. The van der Waals surface area contributed by atoms with Crippen molar-refractivity contribution in [1.29, 1.82) is 0 Å². The third kappa shape index (κ3) is 2.33. The van der Waals surface area contributed by atoms with Crippen LogP contribution in [0.25, 0.3) is 0 Å². The van der Waals surface area contributed by atoms with Crippen molar-refractivity contribution in [3.05, 3.63) is 131 Å². The smallest absolute Gasteiger partial charge is 0.194 e. The van der Waals surface area contributed by atoms with Gasteiger partial charge in [-0.25, -0.2) is 0 Å². The SMILES string of the molecule is CO[C@]12C(=Nc3ccccc31)[C@H](c1ccccc1)[C@@H](c1ccccc1)[C@]21C(=O)c2ccccc2N1C. The number of Topliss-reactive ketones (excluding diaryl/α,β-unsaturated/α-hetero) is 1. The van der Waals surface area contributed by atoms with Gasteiger partial charge in [0.2, 0.25) is 0 Å². The van der Waals surface area contributed by atoms with E-state index in [2.05, 4.69) is 59.5 Å². The molecule has 0 saturated heterocycles. The van der Waals surface area contributed by atoms with Gasteiger partial charge >= 0.3 is 0 Å². The van der Waals surface area contributed by atoms with Crippen molar-refractivity contribution >= 4 is 22.9 Å². The summed E-state index contributed by atoms with van der Waals surface area (Å²) in [6.07, 6.45) is 0. The maximum Gasteiger partial charge on any atom is 0.194 e. The molecular formula is C32H26N2O2. The number of para-hydroxylation sites is 2. The maximum atomic E-state index is 14.9. The van der Waals surface area contributed by atoms with E-state index in [-0.39, 0.29) is 17.6 Å². The van der Waals surface area contributed by atoms with E-state index in [1.54, 1.807) is 7.11 Å². The van der Waals surface area contributed by atoms with Crippen molar-refractivity contribution in [3.8, 4) is 0 Å². The normalized spacial score (nSPS) is 27.7. The van der Waals surface area contributed by atoms with Crippen molar-refractivity contribution in [2.24, 2.45) is 4.99 Å².